The molecule has 0 aliphatic carbocycles. The van der Waals surface area contributed by atoms with Crippen LogP contribution >= 0.6 is 23.2 Å². The average molecular weight is 296 g/mol. The maximum atomic E-state index is 6.25. The van der Waals surface area contributed by atoms with E-state index in [-0.39, 0.29) is 0 Å². The fourth-order valence-corrected chi connectivity index (χ4v) is 3.11. The van der Waals surface area contributed by atoms with Gasteiger partial charge in [-0.15, -0.1) is 0 Å². The van der Waals surface area contributed by atoms with Crippen LogP contribution in [0.1, 0.15) is 12.8 Å². The molecule has 2 N–H and O–H groups in total. The van der Waals surface area contributed by atoms with Crippen molar-refractivity contribution in [3.63, 3.8) is 0 Å². The van der Waals surface area contributed by atoms with Gasteiger partial charge in [0.25, 0.3) is 0 Å². The Balaban J connectivity index is 2.08. The highest BCUT2D eigenvalue weighted by atomic mass is 35.5. The SMILES string of the molecule is NC1CCN(c2nccc3c(Cl)cc(Cl)cc23)CC1. The van der Waals surface area contributed by atoms with Gasteiger partial charge in [-0.05, 0) is 31.0 Å². The number of anilines is 1. The Hall–Kier alpha value is -1.03. The van der Waals surface area contributed by atoms with Crippen molar-refractivity contribution < 1.29 is 0 Å². The number of nitrogens with zero attached hydrogens (tertiary/aromatic N) is 2. The van der Waals surface area contributed by atoms with Crippen molar-refractivity contribution in [1.82, 2.24) is 4.98 Å². The number of halogens is 2. The van der Waals surface area contributed by atoms with Crippen LogP contribution in [0.15, 0.2) is 24.4 Å². The molecule has 3 nitrogen and oxygen atoms in total. The molecule has 0 amide bonds. The summed E-state index contributed by atoms with van der Waals surface area (Å²) >= 11 is 12.4. The lowest BCUT2D eigenvalue weighted by atomic mass is 10.1. The van der Waals surface area contributed by atoms with Crippen LogP contribution in [0.25, 0.3) is 10.8 Å². The molecule has 3 rings (SSSR count). The first-order valence-electron chi connectivity index (χ1n) is 6.39. The molecule has 0 bridgehead atoms. The van der Waals surface area contributed by atoms with E-state index in [2.05, 4.69) is 9.88 Å². The Kier molecular flexibility index (Phi) is 3.52. The number of fused-ring (bicyclic) bond motifs is 1. The predicted molar refractivity (Wildman–Crippen MR) is 81.2 cm³/mol. The molecule has 0 saturated carbocycles. The van der Waals surface area contributed by atoms with E-state index in [9.17, 15) is 0 Å². The Labute approximate surface area is 122 Å². The highest BCUT2D eigenvalue weighted by molar-refractivity contribution is 6.39. The van der Waals surface area contributed by atoms with E-state index in [0.717, 1.165) is 42.5 Å². The van der Waals surface area contributed by atoms with Gasteiger partial charge in [-0.2, -0.15) is 0 Å². The Morgan fingerprint density at radius 1 is 1.16 bits per heavy atom. The molecule has 1 aliphatic rings. The van der Waals surface area contributed by atoms with Crippen LogP contribution in [0, 0.1) is 0 Å². The maximum absolute atomic E-state index is 6.25. The summed E-state index contributed by atoms with van der Waals surface area (Å²) in [4.78, 5) is 6.77. The average Bonchev–Trinajstić information content (AvgIpc) is 2.39. The smallest absolute Gasteiger partial charge is 0.136 e. The molecule has 0 unspecified atom stereocenters. The highest BCUT2D eigenvalue weighted by Gasteiger charge is 2.19. The predicted octanol–water partition coefficient (Wildman–Crippen LogP) is 3.47. The zero-order chi connectivity index (χ0) is 13.4. The summed E-state index contributed by atoms with van der Waals surface area (Å²) in [6, 6.07) is 5.92. The second kappa shape index (κ2) is 5.16. The molecular weight excluding hydrogens is 281 g/mol. The third-order valence-electron chi connectivity index (χ3n) is 3.61. The van der Waals surface area contributed by atoms with E-state index in [1.54, 1.807) is 12.3 Å². The largest absolute Gasteiger partial charge is 0.356 e. The zero-order valence-corrected chi connectivity index (χ0v) is 12.0. The van der Waals surface area contributed by atoms with Crippen molar-refractivity contribution >= 4 is 39.8 Å². The Morgan fingerprint density at radius 2 is 1.89 bits per heavy atom. The molecule has 1 fully saturated rings. The molecule has 0 atom stereocenters. The first-order chi connectivity index (χ1) is 9.15. The van der Waals surface area contributed by atoms with Gasteiger partial charge < -0.3 is 10.6 Å². The number of hydrogen-bond acceptors (Lipinski definition) is 3. The van der Waals surface area contributed by atoms with Crippen LogP contribution < -0.4 is 10.6 Å². The normalized spacial score (nSPS) is 17.1. The summed E-state index contributed by atoms with van der Waals surface area (Å²) in [6.45, 7) is 1.86. The fraction of sp³-hybridized carbons (Fsp3) is 0.357. The molecule has 0 spiro atoms. The second-order valence-corrected chi connectivity index (χ2v) is 5.79. The van der Waals surface area contributed by atoms with Crippen LogP contribution in [-0.2, 0) is 0 Å². The van der Waals surface area contributed by atoms with Crippen LogP contribution in [0.5, 0.6) is 0 Å². The first kappa shape index (κ1) is 13.0. The van der Waals surface area contributed by atoms with E-state index in [1.165, 1.54) is 0 Å². The number of nitrogens with two attached hydrogens (primary N) is 1. The Morgan fingerprint density at radius 3 is 2.63 bits per heavy atom. The van der Waals surface area contributed by atoms with Gasteiger partial charge in [0.2, 0.25) is 0 Å². The zero-order valence-electron chi connectivity index (χ0n) is 10.4. The molecule has 19 heavy (non-hydrogen) atoms. The van der Waals surface area contributed by atoms with Crippen LogP contribution in [0.2, 0.25) is 10.0 Å². The van der Waals surface area contributed by atoms with Crippen LogP contribution in [-0.4, -0.2) is 24.1 Å². The van der Waals surface area contributed by atoms with Crippen molar-refractivity contribution in [2.24, 2.45) is 5.73 Å². The quantitative estimate of drug-likeness (QED) is 0.876. The number of rotatable bonds is 1. The van der Waals surface area contributed by atoms with Crippen LogP contribution in [0.4, 0.5) is 5.82 Å². The summed E-state index contributed by atoms with van der Waals surface area (Å²) in [5.74, 6) is 0.953. The topological polar surface area (TPSA) is 42.1 Å². The summed E-state index contributed by atoms with van der Waals surface area (Å²) < 4.78 is 0. The van der Waals surface area contributed by atoms with Gasteiger partial charge >= 0.3 is 0 Å². The summed E-state index contributed by atoms with van der Waals surface area (Å²) in [5, 5.41) is 3.31. The molecule has 1 saturated heterocycles. The fourth-order valence-electron chi connectivity index (χ4n) is 2.55. The minimum atomic E-state index is 0.304. The minimum Gasteiger partial charge on any atom is -0.356 e. The molecule has 1 aliphatic heterocycles. The van der Waals surface area contributed by atoms with Crippen molar-refractivity contribution in [1.29, 1.82) is 0 Å². The van der Waals surface area contributed by atoms with Gasteiger partial charge in [0.15, 0.2) is 0 Å². The van der Waals surface area contributed by atoms with Gasteiger partial charge in [0, 0.05) is 41.1 Å². The summed E-state index contributed by atoms with van der Waals surface area (Å²) in [5.41, 5.74) is 5.95. The lowest BCUT2D eigenvalue weighted by Crippen LogP contribution is -2.40. The molecule has 100 valence electrons. The van der Waals surface area contributed by atoms with Crippen molar-refractivity contribution in [2.75, 3.05) is 18.0 Å². The number of piperidine rings is 1. The van der Waals surface area contributed by atoms with Crippen molar-refractivity contribution in [2.45, 2.75) is 18.9 Å². The van der Waals surface area contributed by atoms with Gasteiger partial charge in [-0.25, -0.2) is 4.98 Å². The van der Waals surface area contributed by atoms with Crippen LogP contribution in [0.3, 0.4) is 0 Å². The standard InChI is InChI=1S/C14H15Cl2N3/c15-9-7-12-11(13(16)8-9)1-4-18-14(12)19-5-2-10(17)3-6-19/h1,4,7-8,10H,2-3,5-6,17H2. The number of pyridine rings is 1. The number of benzene rings is 1. The van der Waals surface area contributed by atoms with E-state index < -0.39 is 0 Å². The molecule has 2 aromatic rings. The number of aromatic nitrogens is 1. The molecule has 1 aromatic carbocycles. The van der Waals surface area contributed by atoms with E-state index in [4.69, 9.17) is 28.9 Å². The van der Waals surface area contributed by atoms with Gasteiger partial charge in [0.1, 0.15) is 5.82 Å². The van der Waals surface area contributed by atoms with Crippen molar-refractivity contribution in [3.05, 3.63) is 34.4 Å². The maximum Gasteiger partial charge on any atom is 0.136 e. The molecule has 1 aromatic heterocycles. The lowest BCUT2D eigenvalue weighted by molar-refractivity contribution is 0.499. The summed E-state index contributed by atoms with van der Waals surface area (Å²) in [6.07, 6.45) is 3.78. The van der Waals surface area contributed by atoms with Gasteiger partial charge in [0.05, 0.1) is 5.02 Å². The third-order valence-corrected chi connectivity index (χ3v) is 4.14. The van der Waals surface area contributed by atoms with E-state index >= 15 is 0 Å². The highest BCUT2D eigenvalue weighted by Crippen LogP contribution is 2.33. The molecule has 0 radical (unpaired) electrons. The lowest BCUT2D eigenvalue weighted by Gasteiger charge is -2.31. The van der Waals surface area contributed by atoms with Crippen molar-refractivity contribution in [3.8, 4) is 0 Å². The monoisotopic (exact) mass is 295 g/mol. The van der Waals surface area contributed by atoms with Gasteiger partial charge in [-0.3, -0.25) is 0 Å². The molecule has 2 heterocycles. The summed E-state index contributed by atoms with van der Waals surface area (Å²) in [7, 11) is 0. The van der Waals surface area contributed by atoms with E-state index in [0.29, 0.717) is 16.1 Å². The first-order valence-corrected chi connectivity index (χ1v) is 7.15. The second-order valence-electron chi connectivity index (χ2n) is 4.94. The minimum absolute atomic E-state index is 0.304. The van der Waals surface area contributed by atoms with Gasteiger partial charge in [-0.1, -0.05) is 23.2 Å². The number of hydrogen-bond donors (Lipinski definition) is 1. The molecule has 5 heteroatoms. The molecular formula is C14H15Cl2N3. The Bertz CT molecular complexity index is 607. The third kappa shape index (κ3) is 2.50. The van der Waals surface area contributed by atoms with E-state index in [1.807, 2.05) is 12.1 Å².